The Bertz CT molecular complexity index is 877. The summed E-state index contributed by atoms with van der Waals surface area (Å²) in [6.07, 6.45) is 2.23. The van der Waals surface area contributed by atoms with Gasteiger partial charge in [0.25, 0.3) is 15.9 Å². The fourth-order valence-corrected chi connectivity index (χ4v) is 5.36. The molecule has 2 aromatic rings. The fourth-order valence-electron chi connectivity index (χ4n) is 2.13. The topological polar surface area (TPSA) is 75.3 Å². The molecular formula is C15H14Cl2N2O3S2. The van der Waals surface area contributed by atoms with E-state index in [1.807, 2.05) is 0 Å². The molecule has 0 saturated heterocycles. The molecule has 0 radical (unpaired) electrons. The van der Waals surface area contributed by atoms with Gasteiger partial charge < -0.3 is 5.32 Å². The summed E-state index contributed by atoms with van der Waals surface area (Å²) in [4.78, 5) is 12.2. The summed E-state index contributed by atoms with van der Waals surface area (Å²) in [7, 11) is -3.93. The second-order valence-corrected chi connectivity index (χ2v) is 9.43. The summed E-state index contributed by atoms with van der Waals surface area (Å²) in [5.74, 6) is 0.221. The summed E-state index contributed by atoms with van der Waals surface area (Å²) in [6, 6.07) is 7.72. The lowest BCUT2D eigenvalue weighted by molar-refractivity contribution is 0.0952. The third-order valence-corrected chi connectivity index (χ3v) is 6.70. The molecule has 1 aromatic carbocycles. The number of hydrogen-bond donors (Lipinski definition) is 2. The molecule has 0 unspecified atom stereocenters. The van der Waals surface area contributed by atoms with Gasteiger partial charge in [-0.2, -0.15) is 0 Å². The Kier molecular flexibility index (Phi) is 5.05. The standard InChI is InChI=1S/C15H14Cl2N2O3S2/c16-13-7-12(14(17)23-13)24(21,22)19-11-4-2-1-3-10(11)15(20)18-8-9-5-6-9/h1-4,7,9,19H,5-6,8H2,(H,18,20). The number of hydrogen-bond acceptors (Lipinski definition) is 4. The Labute approximate surface area is 154 Å². The monoisotopic (exact) mass is 404 g/mol. The van der Waals surface area contributed by atoms with E-state index >= 15 is 0 Å². The normalized spacial score (nSPS) is 14.4. The third-order valence-electron chi connectivity index (χ3n) is 3.58. The summed E-state index contributed by atoms with van der Waals surface area (Å²) >= 11 is 12.7. The number of benzene rings is 1. The van der Waals surface area contributed by atoms with Crippen molar-refractivity contribution in [3.8, 4) is 0 Å². The first kappa shape index (κ1) is 17.5. The highest BCUT2D eigenvalue weighted by molar-refractivity contribution is 7.93. The van der Waals surface area contributed by atoms with Crippen molar-refractivity contribution in [1.29, 1.82) is 0 Å². The number of rotatable bonds is 6. The summed E-state index contributed by atoms with van der Waals surface area (Å²) in [5, 5.41) is 2.82. The lowest BCUT2D eigenvalue weighted by Gasteiger charge is -2.12. The number of sulfonamides is 1. The van der Waals surface area contributed by atoms with Crippen LogP contribution in [0.3, 0.4) is 0 Å². The van der Waals surface area contributed by atoms with Gasteiger partial charge >= 0.3 is 0 Å². The minimum absolute atomic E-state index is 0.0724. The zero-order valence-corrected chi connectivity index (χ0v) is 15.5. The van der Waals surface area contributed by atoms with Crippen molar-refractivity contribution < 1.29 is 13.2 Å². The summed E-state index contributed by atoms with van der Waals surface area (Å²) in [5.41, 5.74) is 0.461. The van der Waals surface area contributed by atoms with Crippen LogP contribution in [0.2, 0.25) is 8.67 Å². The zero-order valence-electron chi connectivity index (χ0n) is 12.4. The van der Waals surface area contributed by atoms with Crippen molar-refractivity contribution >= 4 is 56.2 Å². The first-order valence-corrected chi connectivity index (χ1v) is 10.3. The number of nitrogens with one attached hydrogen (secondary N) is 2. The van der Waals surface area contributed by atoms with E-state index in [1.165, 1.54) is 12.1 Å². The minimum Gasteiger partial charge on any atom is -0.352 e. The number of para-hydroxylation sites is 1. The van der Waals surface area contributed by atoms with Gasteiger partial charge in [-0.25, -0.2) is 8.42 Å². The van der Waals surface area contributed by atoms with E-state index in [4.69, 9.17) is 23.2 Å². The molecule has 5 nitrogen and oxygen atoms in total. The molecule has 0 spiro atoms. The van der Waals surface area contributed by atoms with Crippen molar-refractivity contribution in [2.45, 2.75) is 17.7 Å². The average Bonchev–Trinajstić information content (AvgIpc) is 3.28. The van der Waals surface area contributed by atoms with Gasteiger partial charge in [0.05, 0.1) is 15.6 Å². The molecule has 2 N–H and O–H groups in total. The van der Waals surface area contributed by atoms with Crippen LogP contribution in [0.25, 0.3) is 0 Å². The predicted molar refractivity (Wildman–Crippen MR) is 96.6 cm³/mol. The van der Waals surface area contributed by atoms with Crippen LogP contribution in [0.1, 0.15) is 23.2 Å². The van der Waals surface area contributed by atoms with Crippen LogP contribution in [0.15, 0.2) is 35.2 Å². The first-order chi connectivity index (χ1) is 11.4. The highest BCUT2D eigenvalue weighted by Crippen LogP contribution is 2.35. The Hall–Kier alpha value is -1.28. The molecule has 1 saturated carbocycles. The SMILES string of the molecule is O=C(NCC1CC1)c1ccccc1NS(=O)(=O)c1cc(Cl)sc1Cl. The molecular weight excluding hydrogens is 391 g/mol. The number of thiophene rings is 1. The highest BCUT2D eigenvalue weighted by atomic mass is 35.5. The molecule has 1 amide bonds. The highest BCUT2D eigenvalue weighted by Gasteiger charge is 2.25. The van der Waals surface area contributed by atoms with Gasteiger partial charge in [-0.15, -0.1) is 11.3 Å². The maximum atomic E-state index is 12.5. The zero-order chi connectivity index (χ0) is 17.3. The predicted octanol–water partition coefficient (Wildman–Crippen LogP) is 4.00. The van der Waals surface area contributed by atoms with Crippen molar-refractivity contribution in [3.63, 3.8) is 0 Å². The van der Waals surface area contributed by atoms with Gasteiger partial charge in [0, 0.05) is 6.54 Å². The van der Waals surface area contributed by atoms with Crippen LogP contribution in [-0.2, 0) is 10.0 Å². The molecule has 24 heavy (non-hydrogen) atoms. The number of carbonyl (C=O) groups excluding carboxylic acids is 1. The second-order valence-electron chi connectivity index (χ2n) is 5.49. The third kappa shape index (κ3) is 4.03. The molecule has 0 bridgehead atoms. The van der Waals surface area contributed by atoms with E-state index in [9.17, 15) is 13.2 Å². The maximum Gasteiger partial charge on any atom is 0.264 e. The molecule has 3 rings (SSSR count). The maximum absolute atomic E-state index is 12.5. The smallest absolute Gasteiger partial charge is 0.264 e. The molecule has 1 aliphatic carbocycles. The quantitative estimate of drug-likeness (QED) is 0.763. The van der Waals surface area contributed by atoms with Gasteiger partial charge in [0.2, 0.25) is 0 Å². The van der Waals surface area contributed by atoms with Gasteiger partial charge in [0.1, 0.15) is 9.23 Å². The second kappa shape index (κ2) is 6.92. The summed E-state index contributed by atoms with van der Waals surface area (Å²) < 4.78 is 27.8. The first-order valence-electron chi connectivity index (χ1n) is 7.21. The van der Waals surface area contributed by atoms with Crippen LogP contribution >= 0.6 is 34.5 Å². The molecule has 0 aliphatic heterocycles. The number of anilines is 1. The average molecular weight is 405 g/mol. The van der Waals surface area contributed by atoms with Gasteiger partial charge in [0.15, 0.2) is 0 Å². The molecule has 9 heteroatoms. The van der Waals surface area contributed by atoms with Crippen LogP contribution in [0, 0.1) is 5.92 Å². The van der Waals surface area contributed by atoms with Crippen molar-refractivity contribution in [1.82, 2.24) is 5.32 Å². The largest absolute Gasteiger partial charge is 0.352 e. The lowest BCUT2D eigenvalue weighted by Crippen LogP contribution is -2.27. The molecule has 1 aliphatic rings. The van der Waals surface area contributed by atoms with E-state index in [1.54, 1.807) is 18.2 Å². The number of carbonyl (C=O) groups is 1. The van der Waals surface area contributed by atoms with Crippen molar-refractivity contribution in [2.24, 2.45) is 5.92 Å². The molecule has 1 heterocycles. The van der Waals surface area contributed by atoms with E-state index < -0.39 is 10.0 Å². The number of halogens is 2. The van der Waals surface area contributed by atoms with E-state index in [0.29, 0.717) is 12.5 Å². The lowest BCUT2D eigenvalue weighted by atomic mass is 10.1. The van der Waals surface area contributed by atoms with Gasteiger partial charge in [-0.1, -0.05) is 35.3 Å². The van der Waals surface area contributed by atoms with Crippen molar-refractivity contribution in [2.75, 3.05) is 11.3 Å². The Morgan fingerprint density at radius 1 is 1.25 bits per heavy atom. The van der Waals surface area contributed by atoms with Crippen LogP contribution in [-0.4, -0.2) is 20.9 Å². The number of amides is 1. The Morgan fingerprint density at radius 2 is 1.96 bits per heavy atom. The van der Waals surface area contributed by atoms with Crippen LogP contribution < -0.4 is 10.0 Å². The molecule has 128 valence electrons. The van der Waals surface area contributed by atoms with Crippen LogP contribution in [0.5, 0.6) is 0 Å². The minimum atomic E-state index is -3.93. The van der Waals surface area contributed by atoms with Gasteiger partial charge in [-0.3, -0.25) is 9.52 Å². The molecule has 1 fully saturated rings. The van der Waals surface area contributed by atoms with Crippen LogP contribution in [0.4, 0.5) is 5.69 Å². The van der Waals surface area contributed by atoms with E-state index in [2.05, 4.69) is 10.0 Å². The molecule has 1 aromatic heterocycles. The fraction of sp³-hybridized carbons (Fsp3) is 0.267. The summed E-state index contributed by atoms with van der Waals surface area (Å²) in [6.45, 7) is 0.603. The van der Waals surface area contributed by atoms with E-state index in [-0.39, 0.29) is 30.7 Å². The Morgan fingerprint density at radius 3 is 2.58 bits per heavy atom. The van der Waals surface area contributed by atoms with Gasteiger partial charge in [-0.05, 0) is 37.0 Å². The van der Waals surface area contributed by atoms with E-state index in [0.717, 1.165) is 24.2 Å². The Balaban J connectivity index is 1.84. The van der Waals surface area contributed by atoms with Crippen molar-refractivity contribution in [3.05, 3.63) is 44.6 Å². The molecule has 0 atom stereocenters.